The van der Waals surface area contributed by atoms with Crippen LogP contribution in [0.3, 0.4) is 0 Å². The van der Waals surface area contributed by atoms with Crippen molar-refractivity contribution < 1.29 is 15.0 Å². The molecule has 8 heteroatoms. The van der Waals surface area contributed by atoms with Gasteiger partial charge in [0.05, 0.1) is 6.10 Å². The number of anilines is 1. The molecule has 1 aromatic heterocycles. The summed E-state index contributed by atoms with van der Waals surface area (Å²) in [5, 5.41) is 22.4. The van der Waals surface area contributed by atoms with Crippen molar-refractivity contribution in [2.24, 2.45) is 0 Å². The van der Waals surface area contributed by atoms with Gasteiger partial charge in [-0.3, -0.25) is 0 Å². The first-order chi connectivity index (χ1) is 10.6. The molecule has 1 fully saturated rings. The van der Waals surface area contributed by atoms with Gasteiger partial charge in [0.2, 0.25) is 0 Å². The normalized spacial score (nSPS) is 19.1. The number of piperidine rings is 1. The lowest BCUT2D eigenvalue weighted by Gasteiger charge is -2.29. The fourth-order valence-corrected chi connectivity index (χ4v) is 2.84. The van der Waals surface area contributed by atoms with E-state index in [-0.39, 0.29) is 11.7 Å². The third-order valence-corrected chi connectivity index (χ3v) is 4.17. The minimum Gasteiger partial charge on any atom is -0.477 e. The zero-order valence-corrected chi connectivity index (χ0v) is 13.5. The van der Waals surface area contributed by atoms with Crippen molar-refractivity contribution in [2.45, 2.75) is 30.5 Å². The van der Waals surface area contributed by atoms with Crippen LogP contribution in [0.15, 0.2) is 11.4 Å². The monoisotopic (exact) mass is 326 g/mol. The minimum atomic E-state index is -1.03. The number of nitrogens with one attached hydrogen (secondary N) is 1. The number of β-amino-alcohol motifs (C(OH)–C–C–N with tert-alkyl or cyclic N) is 1. The van der Waals surface area contributed by atoms with Crippen molar-refractivity contribution in [2.75, 3.05) is 37.8 Å². The summed E-state index contributed by atoms with van der Waals surface area (Å²) in [6, 6.07) is 0. The van der Waals surface area contributed by atoms with Crippen LogP contribution >= 0.6 is 11.8 Å². The van der Waals surface area contributed by atoms with Gasteiger partial charge in [0.15, 0.2) is 5.16 Å². The quantitative estimate of drug-likeness (QED) is 0.390. The highest BCUT2D eigenvalue weighted by atomic mass is 32.2. The van der Waals surface area contributed by atoms with Crippen LogP contribution in [0, 0.1) is 0 Å². The largest absolute Gasteiger partial charge is 0.477 e. The van der Waals surface area contributed by atoms with Crippen LogP contribution in [-0.2, 0) is 0 Å². The van der Waals surface area contributed by atoms with Crippen LogP contribution in [0.4, 0.5) is 5.82 Å². The van der Waals surface area contributed by atoms with Crippen LogP contribution in [-0.4, -0.2) is 69.6 Å². The Balaban J connectivity index is 1.84. The summed E-state index contributed by atoms with van der Waals surface area (Å²) < 4.78 is 0. The van der Waals surface area contributed by atoms with Crippen molar-refractivity contribution >= 4 is 23.5 Å². The summed E-state index contributed by atoms with van der Waals surface area (Å²) in [6.07, 6.45) is 5.75. The first kappa shape index (κ1) is 17.0. The molecule has 7 nitrogen and oxygen atoms in total. The van der Waals surface area contributed by atoms with E-state index in [0.29, 0.717) is 17.5 Å². The SMILES string of the molecule is CSc1ncc(C(=O)O)c(NCCCN2CCCC(O)C2)n1. The number of aromatic nitrogens is 2. The molecular weight excluding hydrogens is 304 g/mol. The molecule has 0 radical (unpaired) electrons. The van der Waals surface area contributed by atoms with E-state index >= 15 is 0 Å². The number of aromatic carboxylic acids is 1. The Hall–Kier alpha value is -1.38. The van der Waals surface area contributed by atoms with Crippen molar-refractivity contribution in [3.63, 3.8) is 0 Å². The van der Waals surface area contributed by atoms with Gasteiger partial charge in [-0.05, 0) is 38.6 Å². The Kier molecular flexibility index (Phi) is 6.41. The fourth-order valence-electron chi connectivity index (χ4n) is 2.50. The Morgan fingerprint density at radius 2 is 2.41 bits per heavy atom. The average molecular weight is 326 g/mol. The van der Waals surface area contributed by atoms with Gasteiger partial charge in [-0.15, -0.1) is 0 Å². The van der Waals surface area contributed by atoms with E-state index in [1.165, 1.54) is 18.0 Å². The van der Waals surface area contributed by atoms with Crippen LogP contribution in [0.1, 0.15) is 29.6 Å². The Morgan fingerprint density at radius 1 is 1.59 bits per heavy atom. The number of hydrogen-bond acceptors (Lipinski definition) is 7. The Morgan fingerprint density at radius 3 is 3.09 bits per heavy atom. The number of rotatable bonds is 7. The molecule has 0 bridgehead atoms. The van der Waals surface area contributed by atoms with E-state index in [0.717, 1.165) is 38.9 Å². The first-order valence-electron chi connectivity index (χ1n) is 7.38. The predicted molar refractivity (Wildman–Crippen MR) is 85.6 cm³/mol. The molecule has 1 aromatic rings. The summed E-state index contributed by atoms with van der Waals surface area (Å²) in [5.74, 6) is -0.667. The van der Waals surface area contributed by atoms with E-state index in [2.05, 4.69) is 20.2 Å². The van der Waals surface area contributed by atoms with Gasteiger partial charge in [-0.1, -0.05) is 11.8 Å². The smallest absolute Gasteiger partial charge is 0.341 e. The van der Waals surface area contributed by atoms with E-state index < -0.39 is 5.97 Å². The number of carboxylic acid groups (broad SMARTS) is 1. The fraction of sp³-hybridized carbons (Fsp3) is 0.643. The second-order valence-electron chi connectivity index (χ2n) is 5.30. The highest BCUT2D eigenvalue weighted by Gasteiger charge is 2.17. The van der Waals surface area contributed by atoms with Crippen LogP contribution in [0.5, 0.6) is 0 Å². The van der Waals surface area contributed by atoms with E-state index in [1.807, 2.05) is 6.26 Å². The molecular formula is C14H22N4O3S. The Bertz CT molecular complexity index is 515. The van der Waals surface area contributed by atoms with Gasteiger partial charge >= 0.3 is 5.97 Å². The number of thioether (sulfide) groups is 1. The van der Waals surface area contributed by atoms with Gasteiger partial charge in [0, 0.05) is 19.3 Å². The second-order valence-corrected chi connectivity index (χ2v) is 6.07. The summed E-state index contributed by atoms with van der Waals surface area (Å²) in [6.45, 7) is 3.26. The molecule has 22 heavy (non-hydrogen) atoms. The second kappa shape index (κ2) is 8.30. The molecule has 0 spiro atoms. The number of carbonyl (C=O) groups is 1. The topological polar surface area (TPSA) is 98.6 Å². The molecule has 1 aliphatic heterocycles. The standard InChI is InChI=1S/C14H22N4O3S/c1-22-14-16-8-11(13(20)21)12(17-14)15-5-3-7-18-6-2-4-10(19)9-18/h8,10,19H,2-7,9H2,1H3,(H,20,21)(H,15,16,17). The minimum absolute atomic E-state index is 0.0891. The zero-order chi connectivity index (χ0) is 15.9. The van der Waals surface area contributed by atoms with Gasteiger partial charge in [0.25, 0.3) is 0 Å². The molecule has 122 valence electrons. The van der Waals surface area contributed by atoms with Crippen LogP contribution < -0.4 is 5.32 Å². The lowest BCUT2D eigenvalue weighted by molar-refractivity contribution is 0.0693. The predicted octanol–water partition coefficient (Wildman–Crippen LogP) is 1.16. The summed E-state index contributed by atoms with van der Waals surface area (Å²) in [5.41, 5.74) is 0.0891. The van der Waals surface area contributed by atoms with Gasteiger partial charge < -0.3 is 20.4 Å². The van der Waals surface area contributed by atoms with Crippen molar-refractivity contribution in [3.05, 3.63) is 11.8 Å². The molecule has 0 amide bonds. The molecule has 0 aromatic carbocycles. The molecule has 1 atom stereocenters. The highest BCUT2D eigenvalue weighted by Crippen LogP contribution is 2.16. The lowest BCUT2D eigenvalue weighted by Crippen LogP contribution is -2.39. The number of carboxylic acids is 1. The number of likely N-dealkylation sites (tertiary alicyclic amines) is 1. The van der Waals surface area contributed by atoms with Crippen molar-refractivity contribution in [3.8, 4) is 0 Å². The Labute approximate surface area is 134 Å². The summed E-state index contributed by atoms with van der Waals surface area (Å²) >= 11 is 1.37. The maximum absolute atomic E-state index is 11.2. The van der Waals surface area contributed by atoms with E-state index in [4.69, 9.17) is 5.11 Å². The molecule has 2 rings (SSSR count). The lowest BCUT2D eigenvalue weighted by atomic mass is 10.1. The van der Waals surface area contributed by atoms with Crippen molar-refractivity contribution in [1.82, 2.24) is 14.9 Å². The molecule has 0 saturated carbocycles. The van der Waals surface area contributed by atoms with Gasteiger partial charge in [-0.2, -0.15) is 0 Å². The van der Waals surface area contributed by atoms with Crippen LogP contribution in [0.2, 0.25) is 0 Å². The van der Waals surface area contributed by atoms with Gasteiger partial charge in [-0.25, -0.2) is 14.8 Å². The zero-order valence-electron chi connectivity index (χ0n) is 12.7. The maximum Gasteiger partial charge on any atom is 0.341 e. The highest BCUT2D eigenvalue weighted by molar-refractivity contribution is 7.98. The summed E-state index contributed by atoms with van der Waals surface area (Å²) in [4.78, 5) is 21.6. The maximum atomic E-state index is 11.2. The molecule has 0 aliphatic carbocycles. The number of hydrogen-bond donors (Lipinski definition) is 3. The number of aliphatic hydroxyl groups is 1. The van der Waals surface area contributed by atoms with Crippen molar-refractivity contribution in [1.29, 1.82) is 0 Å². The number of aliphatic hydroxyl groups excluding tert-OH is 1. The molecule has 1 aliphatic rings. The third kappa shape index (κ3) is 4.82. The molecule has 1 unspecified atom stereocenters. The van der Waals surface area contributed by atoms with Gasteiger partial charge in [0.1, 0.15) is 11.4 Å². The van der Waals surface area contributed by atoms with E-state index in [1.54, 1.807) is 0 Å². The van der Waals surface area contributed by atoms with Crippen LogP contribution in [0.25, 0.3) is 0 Å². The first-order valence-corrected chi connectivity index (χ1v) is 8.61. The molecule has 2 heterocycles. The third-order valence-electron chi connectivity index (χ3n) is 3.60. The summed E-state index contributed by atoms with van der Waals surface area (Å²) in [7, 11) is 0. The molecule has 3 N–H and O–H groups in total. The average Bonchev–Trinajstić information content (AvgIpc) is 2.51. The number of nitrogens with zero attached hydrogens (tertiary/aromatic N) is 3. The van der Waals surface area contributed by atoms with E-state index in [9.17, 15) is 9.90 Å². The molecule has 1 saturated heterocycles.